The smallest absolute Gasteiger partial charge is 0.315 e. The number of urea groups is 1. The third kappa shape index (κ3) is 4.07. The quantitative estimate of drug-likeness (QED) is 0.794. The third-order valence-corrected chi connectivity index (χ3v) is 4.04. The van der Waals surface area contributed by atoms with Crippen LogP contribution in [-0.2, 0) is 6.54 Å². The highest BCUT2D eigenvalue weighted by Crippen LogP contribution is 2.18. The van der Waals surface area contributed by atoms with E-state index in [1.807, 2.05) is 30.3 Å². The van der Waals surface area contributed by atoms with Crippen LogP contribution < -0.4 is 10.6 Å². The Balaban J connectivity index is 1.50. The molecule has 1 aromatic carbocycles. The van der Waals surface area contributed by atoms with Gasteiger partial charge in [-0.2, -0.15) is 0 Å². The van der Waals surface area contributed by atoms with Gasteiger partial charge in [0.2, 0.25) is 0 Å². The van der Waals surface area contributed by atoms with Crippen molar-refractivity contribution in [1.82, 2.24) is 25.6 Å². The molecule has 2 amide bonds. The van der Waals surface area contributed by atoms with Crippen molar-refractivity contribution < 1.29 is 9.90 Å². The molecule has 7 heteroatoms. The SMILES string of the molecule is O=C(NCc1cn(-c2ccccc2)nn1)NC1CCCCC1O. The molecule has 1 aliphatic carbocycles. The number of rotatable bonds is 4. The van der Waals surface area contributed by atoms with Crippen LogP contribution in [-0.4, -0.2) is 38.3 Å². The van der Waals surface area contributed by atoms with Gasteiger partial charge < -0.3 is 15.7 Å². The summed E-state index contributed by atoms with van der Waals surface area (Å²) in [4.78, 5) is 11.9. The number of hydrogen-bond acceptors (Lipinski definition) is 4. The molecule has 3 N–H and O–H groups in total. The van der Waals surface area contributed by atoms with Crippen LogP contribution in [0.2, 0.25) is 0 Å². The molecule has 0 spiro atoms. The Hall–Kier alpha value is -2.41. The van der Waals surface area contributed by atoms with Crippen molar-refractivity contribution in [1.29, 1.82) is 0 Å². The van der Waals surface area contributed by atoms with Gasteiger partial charge in [-0.15, -0.1) is 5.10 Å². The monoisotopic (exact) mass is 315 g/mol. The zero-order valence-electron chi connectivity index (χ0n) is 12.9. The molecule has 0 bridgehead atoms. The van der Waals surface area contributed by atoms with E-state index in [9.17, 15) is 9.90 Å². The number of amides is 2. The molecule has 0 aliphatic heterocycles. The number of carbonyl (C=O) groups excluding carboxylic acids is 1. The van der Waals surface area contributed by atoms with Gasteiger partial charge in [0, 0.05) is 0 Å². The summed E-state index contributed by atoms with van der Waals surface area (Å²) in [6.45, 7) is 0.293. The van der Waals surface area contributed by atoms with Crippen molar-refractivity contribution in [3.05, 3.63) is 42.2 Å². The van der Waals surface area contributed by atoms with Gasteiger partial charge in [0.05, 0.1) is 30.6 Å². The summed E-state index contributed by atoms with van der Waals surface area (Å²) in [5, 5.41) is 23.5. The second-order valence-corrected chi connectivity index (χ2v) is 5.78. The molecule has 0 saturated heterocycles. The Bertz CT molecular complexity index is 643. The lowest BCUT2D eigenvalue weighted by Gasteiger charge is -2.28. The number of aromatic nitrogens is 3. The molecule has 122 valence electrons. The van der Waals surface area contributed by atoms with Crippen LogP contribution in [0.5, 0.6) is 0 Å². The lowest BCUT2D eigenvalue weighted by atomic mass is 9.93. The maximum atomic E-state index is 11.9. The molecule has 1 aliphatic rings. The van der Waals surface area contributed by atoms with Crippen molar-refractivity contribution in [2.24, 2.45) is 0 Å². The summed E-state index contributed by atoms with van der Waals surface area (Å²) in [6.07, 6.45) is 4.95. The molecule has 1 aromatic heterocycles. The standard InChI is InChI=1S/C16H21N5O2/c22-15-9-5-4-8-14(15)18-16(23)17-10-12-11-21(20-19-12)13-6-2-1-3-7-13/h1-3,6-7,11,14-15,22H,4-5,8-10H2,(H2,17,18,23). The summed E-state index contributed by atoms with van der Waals surface area (Å²) in [6, 6.07) is 9.21. The molecule has 3 rings (SSSR count). The summed E-state index contributed by atoms with van der Waals surface area (Å²) in [5.41, 5.74) is 1.59. The molecule has 1 saturated carbocycles. The first-order valence-corrected chi connectivity index (χ1v) is 7.91. The van der Waals surface area contributed by atoms with Gasteiger partial charge in [-0.25, -0.2) is 9.48 Å². The number of carbonyl (C=O) groups is 1. The zero-order valence-corrected chi connectivity index (χ0v) is 12.9. The van der Waals surface area contributed by atoms with Crippen LogP contribution in [0.15, 0.2) is 36.5 Å². The van der Waals surface area contributed by atoms with Crippen LogP contribution in [0.25, 0.3) is 5.69 Å². The van der Waals surface area contributed by atoms with E-state index in [0.717, 1.165) is 31.4 Å². The highest BCUT2D eigenvalue weighted by molar-refractivity contribution is 5.74. The summed E-state index contributed by atoms with van der Waals surface area (Å²) in [7, 11) is 0. The van der Waals surface area contributed by atoms with E-state index in [0.29, 0.717) is 12.2 Å². The minimum atomic E-state index is -0.451. The van der Waals surface area contributed by atoms with E-state index < -0.39 is 6.10 Å². The first-order chi connectivity index (χ1) is 11.2. The largest absolute Gasteiger partial charge is 0.391 e. The van der Waals surface area contributed by atoms with Crippen LogP contribution in [0.1, 0.15) is 31.4 Å². The normalized spacial score (nSPS) is 20.9. The number of hydrogen-bond donors (Lipinski definition) is 3. The lowest BCUT2D eigenvalue weighted by Crippen LogP contribution is -2.48. The Morgan fingerprint density at radius 1 is 1.26 bits per heavy atom. The van der Waals surface area contributed by atoms with Crippen LogP contribution in [0.3, 0.4) is 0 Å². The highest BCUT2D eigenvalue weighted by atomic mass is 16.3. The van der Waals surface area contributed by atoms with Crippen LogP contribution in [0, 0.1) is 0 Å². The molecular weight excluding hydrogens is 294 g/mol. The fraction of sp³-hybridized carbons (Fsp3) is 0.438. The number of aliphatic hydroxyl groups is 1. The van der Waals surface area contributed by atoms with Gasteiger partial charge in [0.1, 0.15) is 5.69 Å². The van der Waals surface area contributed by atoms with Gasteiger partial charge >= 0.3 is 6.03 Å². The molecule has 2 aromatic rings. The minimum Gasteiger partial charge on any atom is -0.391 e. The Labute approximate surface area is 134 Å². The second kappa shape index (κ2) is 7.23. The topological polar surface area (TPSA) is 92.1 Å². The molecule has 0 radical (unpaired) electrons. The van der Waals surface area contributed by atoms with E-state index >= 15 is 0 Å². The number of nitrogens with one attached hydrogen (secondary N) is 2. The predicted molar refractivity (Wildman–Crippen MR) is 85.0 cm³/mol. The Kier molecular flexibility index (Phi) is 4.87. The summed E-state index contributed by atoms with van der Waals surface area (Å²) >= 11 is 0. The molecule has 2 atom stereocenters. The van der Waals surface area contributed by atoms with E-state index in [2.05, 4.69) is 20.9 Å². The molecule has 1 fully saturated rings. The maximum absolute atomic E-state index is 11.9. The second-order valence-electron chi connectivity index (χ2n) is 5.78. The molecule has 7 nitrogen and oxygen atoms in total. The number of para-hydroxylation sites is 1. The maximum Gasteiger partial charge on any atom is 0.315 e. The first kappa shape index (κ1) is 15.5. The van der Waals surface area contributed by atoms with E-state index in [4.69, 9.17) is 0 Å². The fourth-order valence-corrected chi connectivity index (χ4v) is 2.76. The van der Waals surface area contributed by atoms with Gasteiger partial charge in [-0.1, -0.05) is 36.3 Å². The first-order valence-electron chi connectivity index (χ1n) is 7.91. The average molecular weight is 315 g/mol. The lowest BCUT2D eigenvalue weighted by molar-refractivity contribution is 0.0943. The minimum absolute atomic E-state index is 0.163. The van der Waals surface area contributed by atoms with Gasteiger partial charge in [0.25, 0.3) is 0 Å². The van der Waals surface area contributed by atoms with Gasteiger partial charge in [0.15, 0.2) is 0 Å². The Morgan fingerprint density at radius 2 is 2.04 bits per heavy atom. The molecule has 23 heavy (non-hydrogen) atoms. The van der Waals surface area contributed by atoms with Crippen molar-refractivity contribution in [3.63, 3.8) is 0 Å². The summed E-state index contributed by atoms with van der Waals surface area (Å²) < 4.78 is 1.67. The fourth-order valence-electron chi connectivity index (χ4n) is 2.76. The van der Waals surface area contributed by atoms with Crippen molar-refractivity contribution >= 4 is 6.03 Å². The highest BCUT2D eigenvalue weighted by Gasteiger charge is 2.24. The van der Waals surface area contributed by atoms with Crippen molar-refractivity contribution in [2.75, 3.05) is 0 Å². The van der Waals surface area contributed by atoms with Crippen molar-refractivity contribution in [3.8, 4) is 5.69 Å². The molecule has 2 unspecified atom stereocenters. The summed E-state index contributed by atoms with van der Waals surface area (Å²) in [5.74, 6) is 0. The number of benzene rings is 1. The van der Waals surface area contributed by atoms with Crippen LogP contribution >= 0.6 is 0 Å². The predicted octanol–water partition coefficient (Wildman–Crippen LogP) is 1.37. The van der Waals surface area contributed by atoms with E-state index in [1.165, 1.54) is 0 Å². The van der Waals surface area contributed by atoms with E-state index in [1.54, 1.807) is 10.9 Å². The van der Waals surface area contributed by atoms with Crippen molar-refractivity contribution in [2.45, 2.75) is 44.4 Å². The average Bonchev–Trinajstić information content (AvgIpc) is 3.05. The third-order valence-electron chi connectivity index (χ3n) is 4.04. The number of aliphatic hydroxyl groups excluding tert-OH is 1. The zero-order chi connectivity index (χ0) is 16.1. The molecular formula is C16H21N5O2. The van der Waals surface area contributed by atoms with Gasteiger partial charge in [-0.05, 0) is 25.0 Å². The molecule has 1 heterocycles. The van der Waals surface area contributed by atoms with E-state index in [-0.39, 0.29) is 12.1 Å². The Morgan fingerprint density at radius 3 is 2.83 bits per heavy atom. The number of nitrogens with zero attached hydrogens (tertiary/aromatic N) is 3. The van der Waals surface area contributed by atoms with Crippen LogP contribution in [0.4, 0.5) is 4.79 Å². The van der Waals surface area contributed by atoms with Gasteiger partial charge in [-0.3, -0.25) is 0 Å².